The molecule has 2 rings (SSSR count). The van der Waals surface area contributed by atoms with E-state index >= 15 is 0 Å². The molecular weight excluding hydrogens is 328 g/mol. The largest absolute Gasteiger partial charge is 0.550 e. The van der Waals surface area contributed by atoms with Crippen LogP contribution in [-0.4, -0.2) is 16.9 Å². The lowest BCUT2D eigenvalue weighted by atomic mass is 9.72. The fourth-order valence-corrected chi connectivity index (χ4v) is 4.33. The van der Waals surface area contributed by atoms with Crippen LogP contribution in [0.4, 0.5) is 0 Å². The van der Waals surface area contributed by atoms with Gasteiger partial charge in [-0.2, -0.15) is 0 Å². The van der Waals surface area contributed by atoms with Crippen LogP contribution < -0.4 is 9.84 Å². The highest BCUT2D eigenvalue weighted by molar-refractivity contribution is 5.72. The van der Waals surface area contributed by atoms with E-state index in [0.29, 0.717) is 12.8 Å². The van der Waals surface area contributed by atoms with E-state index in [2.05, 4.69) is 41.5 Å². The van der Waals surface area contributed by atoms with Crippen molar-refractivity contribution in [1.29, 1.82) is 0 Å². The Bertz CT molecular complexity index is 693. The highest BCUT2D eigenvalue weighted by atomic mass is 16.6. The van der Waals surface area contributed by atoms with Gasteiger partial charge >= 0.3 is 0 Å². The van der Waals surface area contributed by atoms with Crippen molar-refractivity contribution in [1.82, 2.24) is 0 Å². The molecule has 1 aliphatic rings. The average molecular weight is 362 g/mol. The number of benzene rings is 1. The summed E-state index contributed by atoms with van der Waals surface area (Å²) in [5, 5.41) is 22.1. The first kappa shape index (κ1) is 20.8. The molecule has 0 bridgehead atoms. The number of carbonyl (C=O) groups excluding carboxylic acids is 1. The van der Waals surface area contributed by atoms with Gasteiger partial charge in [-0.1, -0.05) is 48.0 Å². The van der Waals surface area contributed by atoms with Gasteiger partial charge in [0.1, 0.15) is 5.75 Å². The van der Waals surface area contributed by atoms with E-state index in [1.165, 1.54) is 0 Å². The Morgan fingerprint density at radius 1 is 1.31 bits per heavy atom. The van der Waals surface area contributed by atoms with Gasteiger partial charge in [-0.05, 0) is 52.0 Å². The second-order valence-electron chi connectivity index (χ2n) is 9.03. The first-order valence-corrected chi connectivity index (χ1v) is 9.71. The Balaban J connectivity index is 2.95. The fourth-order valence-electron chi connectivity index (χ4n) is 4.33. The molecule has 4 nitrogen and oxygen atoms in total. The molecule has 0 radical (unpaired) electrons. The Morgan fingerprint density at radius 3 is 2.38 bits per heavy atom. The zero-order valence-corrected chi connectivity index (χ0v) is 17.3. The molecule has 1 aliphatic heterocycles. The number of carbonyl (C=O) groups is 1. The van der Waals surface area contributed by atoms with Gasteiger partial charge in [0, 0.05) is 25.7 Å². The number of hydrogen-bond donors (Lipinski definition) is 1. The lowest BCUT2D eigenvalue weighted by Gasteiger charge is -2.39. The molecule has 0 aliphatic carbocycles. The number of rotatable bonds is 5. The molecule has 1 atom stereocenters. The normalized spacial score (nSPS) is 20.0. The van der Waals surface area contributed by atoms with Gasteiger partial charge in [0.2, 0.25) is 5.79 Å². The van der Waals surface area contributed by atoms with Crippen LogP contribution in [0.1, 0.15) is 95.0 Å². The van der Waals surface area contributed by atoms with Gasteiger partial charge in [-0.3, -0.25) is 0 Å². The highest BCUT2D eigenvalue weighted by Crippen LogP contribution is 2.47. The third-order valence-electron chi connectivity index (χ3n) is 5.11. The molecule has 4 heteroatoms. The van der Waals surface area contributed by atoms with E-state index in [1.54, 1.807) is 6.92 Å². The summed E-state index contributed by atoms with van der Waals surface area (Å²) in [6, 6.07) is 0. The van der Waals surface area contributed by atoms with Crippen molar-refractivity contribution in [3.63, 3.8) is 0 Å². The standard InChI is InChI=1S/C22H34O4/c1-8-9-15-19(21(4,5)6)16(12-17(23)24)18(13(2)3)14-10-11-22(7,25)26-20(14)15/h13,25H,8-12H2,1-7H3,(H,23,24)/p-1. The van der Waals surface area contributed by atoms with Crippen LogP contribution in [0.3, 0.4) is 0 Å². The van der Waals surface area contributed by atoms with Gasteiger partial charge in [0.05, 0.1) is 0 Å². The molecule has 0 aromatic heterocycles. The van der Waals surface area contributed by atoms with Gasteiger partial charge < -0.3 is 19.7 Å². The number of ether oxygens (including phenoxy) is 1. The van der Waals surface area contributed by atoms with Crippen molar-refractivity contribution in [2.75, 3.05) is 0 Å². The quantitative estimate of drug-likeness (QED) is 0.873. The third-order valence-corrected chi connectivity index (χ3v) is 5.11. The Morgan fingerprint density at radius 2 is 1.92 bits per heavy atom. The van der Waals surface area contributed by atoms with Crippen LogP contribution in [0.2, 0.25) is 0 Å². The van der Waals surface area contributed by atoms with Crippen molar-refractivity contribution >= 4 is 5.97 Å². The minimum atomic E-state index is -1.19. The van der Waals surface area contributed by atoms with Crippen molar-refractivity contribution in [2.24, 2.45) is 0 Å². The zero-order valence-electron chi connectivity index (χ0n) is 17.3. The van der Waals surface area contributed by atoms with Gasteiger partial charge in [-0.15, -0.1) is 0 Å². The molecule has 26 heavy (non-hydrogen) atoms. The predicted molar refractivity (Wildman–Crippen MR) is 102 cm³/mol. The summed E-state index contributed by atoms with van der Waals surface area (Å²) in [7, 11) is 0. The summed E-state index contributed by atoms with van der Waals surface area (Å²) in [4.78, 5) is 11.6. The summed E-state index contributed by atoms with van der Waals surface area (Å²) in [6.45, 7) is 14.3. The van der Waals surface area contributed by atoms with Gasteiger partial charge in [0.15, 0.2) is 0 Å². The van der Waals surface area contributed by atoms with Crippen LogP contribution in [0.15, 0.2) is 0 Å². The van der Waals surface area contributed by atoms with Crippen LogP contribution in [0.25, 0.3) is 0 Å². The number of aliphatic hydroxyl groups is 1. The van der Waals surface area contributed by atoms with E-state index in [1.807, 2.05) is 0 Å². The van der Waals surface area contributed by atoms with E-state index in [9.17, 15) is 15.0 Å². The Hall–Kier alpha value is -1.55. The third kappa shape index (κ3) is 4.06. The van der Waals surface area contributed by atoms with Crippen molar-refractivity contribution in [2.45, 2.75) is 97.7 Å². The molecule has 0 saturated carbocycles. The molecular formula is C22H33O4-. The minimum Gasteiger partial charge on any atom is -0.550 e. The highest BCUT2D eigenvalue weighted by Gasteiger charge is 2.37. The summed E-state index contributed by atoms with van der Waals surface area (Å²) >= 11 is 0. The minimum absolute atomic E-state index is 0.0828. The van der Waals surface area contributed by atoms with Crippen LogP contribution in [-0.2, 0) is 29.5 Å². The summed E-state index contributed by atoms with van der Waals surface area (Å²) < 4.78 is 6.08. The topological polar surface area (TPSA) is 69.6 Å². The fraction of sp³-hybridized carbons (Fsp3) is 0.682. The summed E-state index contributed by atoms with van der Waals surface area (Å²) in [6.07, 6.45) is 2.83. The average Bonchev–Trinajstić information content (AvgIpc) is 2.45. The molecule has 0 spiro atoms. The van der Waals surface area contributed by atoms with Crippen LogP contribution in [0, 0.1) is 0 Å². The monoisotopic (exact) mass is 361 g/mol. The van der Waals surface area contributed by atoms with E-state index < -0.39 is 11.8 Å². The predicted octanol–water partition coefficient (Wildman–Crippen LogP) is 3.39. The zero-order chi connectivity index (χ0) is 19.9. The molecule has 146 valence electrons. The smallest absolute Gasteiger partial charge is 0.205 e. The molecule has 1 aromatic carbocycles. The number of aliphatic carboxylic acids is 1. The first-order chi connectivity index (χ1) is 11.9. The molecule has 1 unspecified atom stereocenters. The molecule has 0 fully saturated rings. The second kappa shape index (κ2) is 7.22. The van der Waals surface area contributed by atoms with E-state index in [0.717, 1.165) is 46.4 Å². The number of carboxylic acid groups (broad SMARTS) is 1. The van der Waals surface area contributed by atoms with Crippen molar-refractivity contribution < 1.29 is 19.7 Å². The summed E-state index contributed by atoms with van der Waals surface area (Å²) in [5.41, 5.74) is 4.88. The number of carboxylic acids is 1. The number of fused-ring (bicyclic) bond motifs is 1. The Labute approximate surface area is 157 Å². The SMILES string of the molecule is CCCc1c2c(c(C(C)C)c(CC(=O)[O-])c1C(C)(C)C)CCC(C)(O)O2. The maximum atomic E-state index is 11.6. The van der Waals surface area contributed by atoms with Crippen molar-refractivity contribution in [3.8, 4) is 5.75 Å². The molecule has 1 N–H and O–H groups in total. The second-order valence-corrected chi connectivity index (χ2v) is 9.03. The van der Waals surface area contributed by atoms with Gasteiger partial charge in [-0.25, -0.2) is 0 Å². The van der Waals surface area contributed by atoms with E-state index in [-0.39, 0.29) is 17.8 Å². The van der Waals surface area contributed by atoms with E-state index in [4.69, 9.17) is 4.74 Å². The van der Waals surface area contributed by atoms with Gasteiger partial charge in [0.25, 0.3) is 0 Å². The Kier molecular flexibility index (Phi) is 5.77. The number of hydrogen-bond acceptors (Lipinski definition) is 4. The maximum Gasteiger partial charge on any atom is 0.205 e. The summed E-state index contributed by atoms with van der Waals surface area (Å²) in [5.74, 6) is -1.29. The lowest BCUT2D eigenvalue weighted by Crippen LogP contribution is -2.38. The first-order valence-electron chi connectivity index (χ1n) is 9.71. The lowest BCUT2D eigenvalue weighted by molar-refractivity contribution is -0.304. The molecule has 0 saturated heterocycles. The maximum absolute atomic E-state index is 11.6. The molecule has 0 amide bonds. The molecule has 1 aromatic rings. The molecule has 1 heterocycles. The van der Waals surface area contributed by atoms with Crippen molar-refractivity contribution in [3.05, 3.63) is 27.8 Å². The van der Waals surface area contributed by atoms with Crippen LogP contribution >= 0.6 is 0 Å². The van der Waals surface area contributed by atoms with Crippen LogP contribution in [0.5, 0.6) is 5.75 Å².